The van der Waals surface area contributed by atoms with E-state index in [2.05, 4.69) is 27.1 Å². The molecule has 2 fully saturated rings. The topological polar surface area (TPSA) is 69.0 Å². The molecule has 3 aliphatic rings. The molecule has 1 N–H and O–H groups in total. The van der Waals surface area contributed by atoms with Gasteiger partial charge in [-0.3, -0.25) is 4.79 Å². The largest absolute Gasteiger partial charge is 0.381 e. The molecule has 35 heavy (non-hydrogen) atoms. The summed E-state index contributed by atoms with van der Waals surface area (Å²) in [6.45, 7) is 3.71. The molecule has 0 radical (unpaired) electrons. The third kappa shape index (κ3) is 4.33. The Balaban J connectivity index is 1.28. The van der Waals surface area contributed by atoms with E-state index in [9.17, 15) is 9.18 Å². The predicted octanol–water partition coefficient (Wildman–Crippen LogP) is 3.90. The molecule has 4 heterocycles. The van der Waals surface area contributed by atoms with E-state index in [0.29, 0.717) is 34.2 Å². The number of nitrogens with one attached hydrogen (secondary N) is 1. The molecule has 8 heteroatoms. The van der Waals surface area contributed by atoms with Gasteiger partial charge in [0.2, 0.25) is 0 Å². The van der Waals surface area contributed by atoms with E-state index in [1.165, 1.54) is 0 Å². The van der Waals surface area contributed by atoms with Crippen LogP contribution in [-0.4, -0.2) is 39.8 Å². The van der Waals surface area contributed by atoms with Crippen molar-refractivity contribution in [3.63, 3.8) is 0 Å². The van der Waals surface area contributed by atoms with Gasteiger partial charge < -0.3 is 14.6 Å². The van der Waals surface area contributed by atoms with E-state index in [0.717, 1.165) is 30.0 Å². The van der Waals surface area contributed by atoms with Crippen LogP contribution in [0, 0.1) is 36.5 Å². The minimum absolute atomic E-state index is 0.270. The number of nitrogens with zero attached hydrogens (tertiary/aromatic N) is 3. The summed E-state index contributed by atoms with van der Waals surface area (Å²) in [4.78, 5) is 22.4. The van der Waals surface area contributed by atoms with Crippen LogP contribution in [0.25, 0.3) is 0 Å². The van der Waals surface area contributed by atoms with Crippen LogP contribution in [0.15, 0.2) is 42.7 Å². The van der Waals surface area contributed by atoms with Crippen LogP contribution in [0.5, 0.6) is 0 Å². The maximum absolute atomic E-state index is 14.1. The second kappa shape index (κ2) is 8.78. The Kier molecular flexibility index (Phi) is 5.58. The number of pyridine rings is 1. The van der Waals surface area contributed by atoms with Gasteiger partial charge in [0.25, 0.3) is 5.91 Å². The third-order valence-electron chi connectivity index (χ3n) is 7.06. The molecule has 2 aliphatic heterocycles. The van der Waals surface area contributed by atoms with E-state index >= 15 is 0 Å². The van der Waals surface area contributed by atoms with Gasteiger partial charge in [-0.2, -0.15) is 0 Å². The van der Waals surface area contributed by atoms with Crippen molar-refractivity contribution in [3.05, 3.63) is 81.7 Å². The van der Waals surface area contributed by atoms with Crippen molar-refractivity contribution in [3.8, 4) is 11.8 Å². The molecule has 0 spiro atoms. The highest BCUT2D eigenvalue weighted by atomic mass is 35.5. The van der Waals surface area contributed by atoms with Gasteiger partial charge in [-0.25, -0.2) is 14.4 Å². The van der Waals surface area contributed by atoms with Crippen LogP contribution >= 0.6 is 11.6 Å². The molecule has 6 nitrogen and oxygen atoms in total. The van der Waals surface area contributed by atoms with E-state index in [1.54, 1.807) is 24.5 Å². The molecule has 178 valence electrons. The first-order valence-corrected chi connectivity index (χ1v) is 12.2. The number of halogens is 2. The fraction of sp³-hybridized carbons (Fsp3) is 0.370. The average molecular weight is 491 g/mol. The molecule has 1 aromatic carbocycles. The molecule has 1 aliphatic carbocycles. The number of carbonyl (C=O) groups is 1. The van der Waals surface area contributed by atoms with Crippen molar-refractivity contribution in [2.24, 2.45) is 17.8 Å². The highest BCUT2D eigenvalue weighted by Gasteiger charge is 2.53. The first kappa shape index (κ1) is 22.3. The van der Waals surface area contributed by atoms with Crippen LogP contribution in [0.1, 0.15) is 44.7 Å². The fourth-order valence-electron chi connectivity index (χ4n) is 5.18. The summed E-state index contributed by atoms with van der Waals surface area (Å²) >= 11 is 6.09. The zero-order valence-corrected chi connectivity index (χ0v) is 19.9. The number of alkyl halides is 1. The molecular formula is C27H24ClFN4O2. The third-order valence-corrected chi connectivity index (χ3v) is 7.31. The number of amides is 1. The van der Waals surface area contributed by atoms with Crippen molar-refractivity contribution in [2.45, 2.75) is 32.1 Å². The zero-order valence-electron chi connectivity index (χ0n) is 19.2. The quantitative estimate of drug-likeness (QED) is 0.563. The summed E-state index contributed by atoms with van der Waals surface area (Å²) in [5.41, 5.74) is 4.00. The van der Waals surface area contributed by atoms with Crippen LogP contribution in [-0.2, 0) is 17.7 Å². The van der Waals surface area contributed by atoms with Crippen molar-refractivity contribution in [2.75, 3.05) is 13.2 Å². The first-order valence-electron chi connectivity index (χ1n) is 11.8. The van der Waals surface area contributed by atoms with Crippen LogP contribution in [0.4, 0.5) is 4.39 Å². The molecule has 5 atom stereocenters. The monoisotopic (exact) mass is 490 g/mol. The highest BCUT2D eigenvalue weighted by molar-refractivity contribution is 6.30. The molecule has 6 rings (SSSR count). The smallest absolute Gasteiger partial charge is 0.270 e. The number of fused-ring (bicyclic) bond motifs is 2. The Labute approximate surface area is 207 Å². The van der Waals surface area contributed by atoms with Gasteiger partial charge in [0.15, 0.2) is 0 Å². The van der Waals surface area contributed by atoms with E-state index in [1.807, 2.05) is 29.7 Å². The lowest BCUT2D eigenvalue weighted by molar-refractivity contribution is 0.0937. The summed E-state index contributed by atoms with van der Waals surface area (Å²) in [5, 5.41) is 3.66. The normalized spacial score (nSPS) is 24.8. The van der Waals surface area contributed by atoms with Gasteiger partial charge in [0, 0.05) is 46.1 Å². The molecule has 1 amide bonds. The van der Waals surface area contributed by atoms with Gasteiger partial charge in [0.05, 0.1) is 37.8 Å². The van der Waals surface area contributed by atoms with Crippen molar-refractivity contribution in [1.29, 1.82) is 0 Å². The second-order valence-electron chi connectivity index (χ2n) is 9.53. The maximum Gasteiger partial charge on any atom is 0.270 e. The number of aryl methyl sites for hydroxylation is 1. The van der Waals surface area contributed by atoms with E-state index in [4.69, 9.17) is 16.3 Å². The number of ether oxygens (including phenoxy) is 1. The molecule has 1 unspecified atom stereocenters. The predicted molar refractivity (Wildman–Crippen MR) is 129 cm³/mol. The summed E-state index contributed by atoms with van der Waals surface area (Å²) in [6, 6.07) is 10.3. The Morgan fingerprint density at radius 3 is 2.80 bits per heavy atom. The summed E-state index contributed by atoms with van der Waals surface area (Å²) < 4.78 is 21.3. The number of hydrogen-bond acceptors (Lipinski definition) is 4. The number of benzene rings is 1. The van der Waals surface area contributed by atoms with Crippen LogP contribution in [0.3, 0.4) is 0 Å². The lowest BCUT2D eigenvalue weighted by Gasteiger charge is -2.19. The van der Waals surface area contributed by atoms with Gasteiger partial charge in [-0.1, -0.05) is 35.6 Å². The lowest BCUT2D eigenvalue weighted by atomic mass is 10.0. The molecule has 3 aromatic rings. The summed E-state index contributed by atoms with van der Waals surface area (Å²) in [5.74, 6) is 7.71. The number of imidazole rings is 1. The molecule has 1 saturated heterocycles. The fourth-order valence-corrected chi connectivity index (χ4v) is 5.30. The van der Waals surface area contributed by atoms with Crippen LogP contribution in [0.2, 0.25) is 5.02 Å². The summed E-state index contributed by atoms with van der Waals surface area (Å²) in [7, 11) is 0. The second-order valence-corrected chi connectivity index (χ2v) is 9.97. The maximum atomic E-state index is 14.1. The molecule has 2 aromatic heterocycles. The first-order chi connectivity index (χ1) is 17.0. The van der Waals surface area contributed by atoms with E-state index < -0.39 is 12.2 Å². The van der Waals surface area contributed by atoms with Crippen molar-refractivity contribution >= 4 is 17.5 Å². The van der Waals surface area contributed by atoms with Crippen molar-refractivity contribution in [1.82, 2.24) is 19.9 Å². The minimum atomic E-state index is -0.953. The average Bonchev–Trinajstić information content (AvgIpc) is 3.21. The molecule has 0 bridgehead atoms. The number of carbonyl (C=O) groups excluding carboxylic acids is 1. The van der Waals surface area contributed by atoms with Gasteiger partial charge >= 0.3 is 0 Å². The Morgan fingerprint density at radius 1 is 1.26 bits per heavy atom. The van der Waals surface area contributed by atoms with E-state index in [-0.39, 0.29) is 24.6 Å². The minimum Gasteiger partial charge on any atom is -0.381 e. The Morgan fingerprint density at radius 2 is 2.03 bits per heavy atom. The lowest BCUT2D eigenvalue weighted by Crippen LogP contribution is -2.31. The number of rotatable bonds is 4. The van der Waals surface area contributed by atoms with Crippen LogP contribution < -0.4 is 5.32 Å². The SMILES string of the molecule is Cc1cc(C#CC2[C@H]3COC[C@@H]23)cc(C(=O)N[C@@H](c2ccc(Cl)cc2)c2ncn3c2C[C@@H](F)C3)n1. The van der Waals surface area contributed by atoms with Gasteiger partial charge in [0.1, 0.15) is 11.9 Å². The van der Waals surface area contributed by atoms with Gasteiger partial charge in [-0.05, 0) is 36.8 Å². The zero-order chi connectivity index (χ0) is 24.1. The summed E-state index contributed by atoms with van der Waals surface area (Å²) in [6.07, 6.45) is 0.952. The molecule has 1 saturated carbocycles. The molecular weight excluding hydrogens is 467 g/mol. The Bertz CT molecular complexity index is 1350. The number of aromatic nitrogens is 3. The van der Waals surface area contributed by atoms with Gasteiger partial charge in [-0.15, -0.1) is 0 Å². The van der Waals surface area contributed by atoms with Crippen molar-refractivity contribution < 1.29 is 13.9 Å². The Hall–Kier alpha value is -3.21. The number of hydrogen-bond donors (Lipinski definition) is 1. The highest BCUT2D eigenvalue weighted by Crippen LogP contribution is 2.50. The standard InChI is InChI=1S/C27H24ClFN4O2/c1-15-8-16(2-7-20-21-12-35-13-22(20)21)9-23(31-15)27(34)32-25(17-3-5-18(28)6-4-17)26-24-10-19(29)11-33(24)14-30-26/h3-6,8-9,14,19-22,25H,10-13H2,1H3,(H,32,34)/t19-,20?,21-,22+,25+/m1/s1.